The molecule has 1 heterocycles. The van der Waals surface area contributed by atoms with Crippen LogP contribution in [0, 0.1) is 0 Å². The summed E-state index contributed by atoms with van der Waals surface area (Å²) in [7, 11) is 0. The summed E-state index contributed by atoms with van der Waals surface area (Å²) in [6, 6.07) is 8.87. The van der Waals surface area contributed by atoms with Crippen LogP contribution in [0.3, 0.4) is 0 Å². The van der Waals surface area contributed by atoms with Crippen LogP contribution in [0.15, 0.2) is 24.3 Å². The smallest absolute Gasteiger partial charge is 0.317 e. The lowest BCUT2D eigenvalue weighted by atomic mass is 9.98. The number of likely N-dealkylation sites (N-methyl/N-ethyl adjacent to an activating group) is 1. The average Bonchev–Trinajstić information content (AvgIpc) is 2.59. The summed E-state index contributed by atoms with van der Waals surface area (Å²) in [5.41, 5.74) is 2.85. The molecule has 0 aromatic heterocycles. The number of fused-ring (bicyclic) bond motifs is 1. The van der Waals surface area contributed by atoms with Crippen molar-refractivity contribution in [2.75, 3.05) is 32.8 Å². The van der Waals surface area contributed by atoms with Gasteiger partial charge in [0.25, 0.3) is 0 Å². The second kappa shape index (κ2) is 8.89. The second-order valence-electron chi connectivity index (χ2n) is 6.04. The number of hydrogen-bond acceptors (Lipinski definition) is 3. The number of nitrogens with one attached hydrogen (secondary N) is 1. The molecule has 1 aliphatic heterocycles. The quantitative estimate of drug-likeness (QED) is 0.806. The summed E-state index contributed by atoms with van der Waals surface area (Å²) in [6.07, 6.45) is 2.08. The summed E-state index contributed by atoms with van der Waals surface area (Å²) in [5.74, 6) is 0. The Morgan fingerprint density at radius 2 is 2.09 bits per heavy atom. The van der Waals surface area contributed by atoms with Crippen LogP contribution in [-0.2, 0) is 13.0 Å². The largest absolute Gasteiger partial charge is 0.395 e. The molecule has 1 atom stereocenters. The van der Waals surface area contributed by atoms with Crippen molar-refractivity contribution < 1.29 is 9.90 Å². The van der Waals surface area contributed by atoms with E-state index in [1.807, 2.05) is 6.92 Å². The molecular formula is C18H29N3O2. The number of aliphatic hydroxyl groups is 1. The van der Waals surface area contributed by atoms with Gasteiger partial charge in [-0.2, -0.15) is 0 Å². The topological polar surface area (TPSA) is 55.8 Å². The Bertz CT molecular complexity index is 507. The van der Waals surface area contributed by atoms with Crippen LogP contribution in [0.4, 0.5) is 4.79 Å². The van der Waals surface area contributed by atoms with Crippen molar-refractivity contribution in [3.8, 4) is 0 Å². The molecule has 2 rings (SSSR count). The van der Waals surface area contributed by atoms with Crippen molar-refractivity contribution in [2.45, 2.75) is 39.3 Å². The van der Waals surface area contributed by atoms with Gasteiger partial charge in [-0.25, -0.2) is 4.79 Å². The predicted molar refractivity (Wildman–Crippen MR) is 92.4 cm³/mol. The summed E-state index contributed by atoms with van der Waals surface area (Å²) in [6.45, 7) is 7.74. The summed E-state index contributed by atoms with van der Waals surface area (Å²) in [4.78, 5) is 16.3. The summed E-state index contributed by atoms with van der Waals surface area (Å²) in [5, 5.41) is 12.0. The zero-order valence-corrected chi connectivity index (χ0v) is 14.3. The Kier molecular flexibility index (Phi) is 6.86. The fourth-order valence-electron chi connectivity index (χ4n) is 3.20. The molecule has 0 radical (unpaired) electrons. The van der Waals surface area contributed by atoms with Crippen LogP contribution in [0.2, 0.25) is 0 Å². The number of urea groups is 1. The van der Waals surface area contributed by atoms with E-state index in [4.69, 9.17) is 5.11 Å². The van der Waals surface area contributed by atoms with Gasteiger partial charge in [0, 0.05) is 38.8 Å². The molecule has 128 valence electrons. The van der Waals surface area contributed by atoms with Gasteiger partial charge in [0.1, 0.15) is 0 Å². The number of nitrogens with zero attached hydrogens (tertiary/aromatic N) is 2. The third-order valence-electron chi connectivity index (χ3n) is 4.68. The van der Waals surface area contributed by atoms with Crippen LogP contribution in [0.5, 0.6) is 0 Å². The van der Waals surface area contributed by atoms with Gasteiger partial charge in [0.05, 0.1) is 6.61 Å². The SMILES string of the molecule is CCC(CNC(=O)N(CC)CCO)N1CCc2ccccc2C1. The van der Waals surface area contributed by atoms with E-state index in [-0.39, 0.29) is 12.6 Å². The van der Waals surface area contributed by atoms with Crippen LogP contribution < -0.4 is 5.32 Å². The van der Waals surface area contributed by atoms with Crippen molar-refractivity contribution in [1.29, 1.82) is 0 Å². The first-order valence-electron chi connectivity index (χ1n) is 8.64. The van der Waals surface area contributed by atoms with Crippen LogP contribution in [0.25, 0.3) is 0 Å². The second-order valence-corrected chi connectivity index (χ2v) is 6.04. The molecule has 0 fully saturated rings. The minimum absolute atomic E-state index is 0.00136. The highest BCUT2D eigenvalue weighted by molar-refractivity contribution is 5.74. The van der Waals surface area contributed by atoms with Crippen LogP contribution in [0.1, 0.15) is 31.4 Å². The Morgan fingerprint density at radius 1 is 1.35 bits per heavy atom. The number of aliphatic hydroxyl groups excluding tert-OH is 1. The molecule has 0 bridgehead atoms. The maximum Gasteiger partial charge on any atom is 0.317 e. The zero-order chi connectivity index (χ0) is 16.7. The van der Waals surface area contributed by atoms with Crippen molar-refractivity contribution in [1.82, 2.24) is 15.1 Å². The molecule has 1 unspecified atom stereocenters. The molecule has 5 heteroatoms. The van der Waals surface area contributed by atoms with Gasteiger partial charge >= 0.3 is 6.03 Å². The molecule has 23 heavy (non-hydrogen) atoms. The van der Waals surface area contributed by atoms with Crippen molar-refractivity contribution in [3.63, 3.8) is 0 Å². The lowest BCUT2D eigenvalue weighted by Gasteiger charge is -2.35. The monoisotopic (exact) mass is 319 g/mol. The number of carbonyl (C=O) groups is 1. The number of carbonyl (C=O) groups excluding carboxylic acids is 1. The van der Waals surface area contributed by atoms with Crippen LogP contribution in [-0.4, -0.2) is 59.8 Å². The average molecular weight is 319 g/mol. The highest BCUT2D eigenvalue weighted by Gasteiger charge is 2.23. The maximum atomic E-state index is 12.2. The predicted octanol–water partition coefficient (Wildman–Crippen LogP) is 1.85. The van der Waals surface area contributed by atoms with E-state index in [2.05, 4.69) is 41.4 Å². The number of rotatable bonds is 7. The minimum Gasteiger partial charge on any atom is -0.395 e. The molecule has 0 spiro atoms. The van der Waals surface area contributed by atoms with E-state index in [1.54, 1.807) is 4.90 Å². The number of benzene rings is 1. The van der Waals surface area contributed by atoms with Gasteiger partial charge in [-0.3, -0.25) is 4.90 Å². The summed E-state index contributed by atoms with van der Waals surface area (Å²) < 4.78 is 0. The number of hydrogen-bond donors (Lipinski definition) is 2. The van der Waals surface area contributed by atoms with Gasteiger partial charge in [-0.15, -0.1) is 0 Å². The maximum absolute atomic E-state index is 12.2. The molecule has 0 aliphatic carbocycles. The highest BCUT2D eigenvalue weighted by atomic mass is 16.3. The van der Waals surface area contributed by atoms with Crippen molar-refractivity contribution in [3.05, 3.63) is 35.4 Å². The first kappa shape index (κ1) is 17.8. The standard InChI is InChI=1S/C18H29N3O2/c1-3-17(13-19-18(23)20(4-2)11-12-22)21-10-9-15-7-5-6-8-16(15)14-21/h5-8,17,22H,3-4,9-14H2,1-2H3,(H,19,23). The first-order valence-corrected chi connectivity index (χ1v) is 8.64. The molecule has 1 aromatic rings. The molecule has 1 aliphatic rings. The van der Waals surface area contributed by atoms with Crippen LogP contribution >= 0.6 is 0 Å². The molecule has 0 saturated heterocycles. The Balaban J connectivity index is 1.90. The fraction of sp³-hybridized carbons (Fsp3) is 0.611. The third kappa shape index (κ3) is 4.69. The van der Waals surface area contributed by atoms with Gasteiger partial charge in [0.15, 0.2) is 0 Å². The van der Waals surface area contributed by atoms with Gasteiger partial charge in [0.2, 0.25) is 0 Å². The molecular weight excluding hydrogens is 290 g/mol. The fourth-order valence-corrected chi connectivity index (χ4v) is 3.20. The van der Waals surface area contributed by atoms with E-state index in [0.29, 0.717) is 25.7 Å². The summed E-state index contributed by atoms with van der Waals surface area (Å²) >= 11 is 0. The third-order valence-corrected chi connectivity index (χ3v) is 4.68. The Hall–Kier alpha value is -1.59. The molecule has 0 saturated carbocycles. The van der Waals surface area contributed by atoms with E-state index in [9.17, 15) is 4.79 Å². The molecule has 5 nitrogen and oxygen atoms in total. The minimum atomic E-state index is -0.0857. The number of amides is 2. The van der Waals surface area contributed by atoms with Crippen molar-refractivity contribution >= 4 is 6.03 Å². The van der Waals surface area contributed by atoms with E-state index in [1.165, 1.54) is 11.1 Å². The normalized spacial score (nSPS) is 15.8. The lowest BCUT2D eigenvalue weighted by Crippen LogP contribution is -2.49. The Labute approximate surface area is 139 Å². The van der Waals surface area contributed by atoms with Crippen molar-refractivity contribution in [2.24, 2.45) is 0 Å². The molecule has 2 amide bonds. The highest BCUT2D eigenvalue weighted by Crippen LogP contribution is 2.21. The van der Waals surface area contributed by atoms with E-state index >= 15 is 0 Å². The molecule has 1 aromatic carbocycles. The van der Waals surface area contributed by atoms with E-state index < -0.39 is 0 Å². The van der Waals surface area contributed by atoms with Gasteiger partial charge in [-0.05, 0) is 30.9 Å². The first-order chi connectivity index (χ1) is 11.2. The Morgan fingerprint density at radius 3 is 2.74 bits per heavy atom. The van der Waals surface area contributed by atoms with Gasteiger partial charge in [-0.1, -0.05) is 31.2 Å². The van der Waals surface area contributed by atoms with E-state index in [0.717, 1.165) is 25.9 Å². The van der Waals surface area contributed by atoms with Gasteiger partial charge < -0.3 is 15.3 Å². The lowest BCUT2D eigenvalue weighted by molar-refractivity contribution is 0.156. The molecule has 2 N–H and O–H groups in total. The zero-order valence-electron chi connectivity index (χ0n) is 14.3.